The molecule has 2 aromatic rings. The standard InChI is InChI=1S/C20H25NO5S/c1-12(2)15-10-11-16(17(13(3)4)20(15)26-27(21,24)25)19(23)18(22)14-8-6-5-7-9-14/h5-13,18,22H,1-4H3,(H2,21,24,25). The van der Waals surface area contributed by atoms with Crippen LogP contribution in [0, 0.1) is 0 Å². The third-order valence-electron chi connectivity index (χ3n) is 4.25. The van der Waals surface area contributed by atoms with Gasteiger partial charge in [0.05, 0.1) is 0 Å². The van der Waals surface area contributed by atoms with Crippen molar-refractivity contribution in [1.82, 2.24) is 0 Å². The van der Waals surface area contributed by atoms with E-state index in [-0.39, 0.29) is 23.1 Å². The van der Waals surface area contributed by atoms with Gasteiger partial charge in [-0.15, -0.1) is 0 Å². The first-order valence-corrected chi connectivity index (χ1v) is 10.2. The van der Waals surface area contributed by atoms with E-state index in [4.69, 9.17) is 9.32 Å². The lowest BCUT2D eigenvalue weighted by atomic mass is 9.86. The highest BCUT2D eigenvalue weighted by Crippen LogP contribution is 2.39. The molecule has 27 heavy (non-hydrogen) atoms. The zero-order chi connectivity index (χ0) is 20.4. The van der Waals surface area contributed by atoms with E-state index in [1.165, 1.54) is 0 Å². The minimum atomic E-state index is -4.28. The van der Waals surface area contributed by atoms with E-state index in [0.29, 0.717) is 16.7 Å². The molecule has 7 heteroatoms. The Balaban J connectivity index is 2.66. The Bertz CT molecular complexity index is 921. The summed E-state index contributed by atoms with van der Waals surface area (Å²) in [7, 11) is -4.28. The summed E-state index contributed by atoms with van der Waals surface area (Å²) in [5.74, 6) is -0.752. The first-order valence-electron chi connectivity index (χ1n) is 8.69. The predicted octanol–water partition coefficient (Wildman–Crippen LogP) is 3.43. The monoisotopic (exact) mass is 391 g/mol. The van der Waals surface area contributed by atoms with Gasteiger partial charge in [0.2, 0.25) is 0 Å². The average Bonchev–Trinajstić information content (AvgIpc) is 2.58. The van der Waals surface area contributed by atoms with Crippen molar-refractivity contribution in [3.05, 3.63) is 64.7 Å². The molecule has 0 radical (unpaired) electrons. The zero-order valence-electron chi connectivity index (χ0n) is 15.8. The zero-order valence-corrected chi connectivity index (χ0v) is 16.7. The molecular formula is C20H25NO5S. The van der Waals surface area contributed by atoms with Crippen LogP contribution in [-0.4, -0.2) is 19.3 Å². The average molecular weight is 391 g/mol. The second-order valence-corrected chi connectivity index (χ2v) is 8.16. The van der Waals surface area contributed by atoms with Crippen LogP contribution in [0.1, 0.15) is 72.7 Å². The largest absolute Gasteiger partial charge is 0.380 e. The molecule has 0 saturated carbocycles. The molecule has 2 aromatic carbocycles. The molecular weight excluding hydrogens is 366 g/mol. The van der Waals surface area contributed by atoms with Crippen molar-refractivity contribution in [2.75, 3.05) is 0 Å². The van der Waals surface area contributed by atoms with Crippen LogP contribution in [0.15, 0.2) is 42.5 Å². The molecule has 0 aromatic heterocycles. The van der Waals surface area contributed by atoms with Crippen molar-refractivity contribution in [1.29, 1.82) is 0 Å². The maximum Gasteiger partial charge on any atom is 0.380 e. The quantitative estimate of drug-likeness (QED) is 0.703. The molecule has 0 fully saturated rings. The smallest absolute Gasteiger partial charge is 0.380 e. The summed E-state index contributed by atoms with van der Waals surface area (Å²) in [4.78, 5) is 13.0. The highest BCUT2D eigenvalue weighted by atomic mass is 32.2. The Hall–Kier alpha value is -2.22. The summed E-state index contributed by atoms with van der Waals surface area (Å²) in [6.45, 7) is 7.41. The van der Waals surface area contributed by atoms with E-state index in [1.807, 2.05) is 27.7 Å². The number of hydrogen-bond donors (Lipinski definition) is 2. The molecule has 0 aliphatic carbocycles. The molecule has 146 valence electrons. The lowest BCUT2D eigenvalue weighted by Crippen LogP contribution is -2.22. The molecule has 6 nitrogen and oxygen atoms in total. The van der Waals surface area contributed by atoms with Crippen LogP contribution < -0.4 is 9.32 Å². The highest BCUT2D eigenvalue weighted by molar-refractivity contribution is 7.84. The number of carbonyl (C=O) groups is 1. The molecule has 2 rings (SSSR count). The molecule has 1 atom stereocenters. The van der Waals surface area contributed by atoms with E-state index in [0.717, 1.165) is 0 Å². The minimum Gasteiger partial charge on any atom is -0.380 e. The van der Waals surface area contributed by atoms with Gasteiger partial charge in [-0.3, -0.25) is 4.79 Å². The van der Waals surface area contributed by atoms with Crippen LogP contribution >= 0.6 is 0 Å². The van der Waals surface area contributed by atoms with E-state index in [1.54, 1.807) is 42.5 Å². The lowest BCUT2D eigenvalue weighted by Gasteiger charge is -2.22. The Morgan fingerprint density at radius 2 is 1.59 bits per heavy atom. The summed E-state index contributed by atoms with van der Waals surface area (Å²) in [5.41, 5.74) is 1.71. The van der Waals surface area contributed by atoms with Crippen LogP contribution in [0.4, 0.5) is 0 Å². The third kappa shape index (κ3) is 4.94. The maximum atomic E-state index is 13.0. The fraction of sp³-hybridized carbons (Fsp3) is 0.350. The van der Waals surface area contributed by atoms with Gasteiger partial charge in [-0.2, -0.15) is 13.6 Å². The number of carbonyl (C=O) groups excluding carboxylic acids is 1. The van der Waals surface area contributed by atoms with Gasteiger partial charge in [0, 0.05) is 11.1 Å². The number of ketones is 1. The summed E-state index contributed by atoms with van der Waals surface area (Å²) >= 11 is 0. The van der Waals surface area contributed by atoms with Gasteiger partial charge in [0.15, 0.2) is 11.5 Å². The number of aliphatic hydroxyl groups excluding tert-OH is 1. The van der Waals surface area contributed by atoms with Gasteiger partial charge in [-0.05, 0) is 23.0 Å². The molecule has 3 N–H and O–H groups in total. The summed E-state index contributed by atoms with van der Waals surface area (Å²) < 4.78 is 28.3. The Labute approximate surface area is 160 Å². The van der Waals surface area contributed by atoms with Crippen LogP contribution in [0.25, 0.3) is 0 Å². The van der Waals surface area contributed by atoms with E-state index in [2.05, 4.69) is 0 Å². The fourth-order valence-electron chi connectivity index (χ4n) is 3.00. The van der Waals surface area contributed by atoms with Crippen LogP contribution in [-0.2, 0) is 10.3 Å². The van der Waals surface area contributed by atoms with Crippen molar-refractivity contribution in [2.24, 2.45) is 5.14 Å². The summed E-state index contributed by atoms with van der Waals surface area (Å²) in [6.07, 6.45) is -1.36. The second-order valence-electron chi connectivity index (χ2n) is 7.01. The normalized spacial score (nSPS) is 13.0. The third-order valence-corrected chi connectivity index (χ3v) is 4.65. The SMILES string of the molecule is CC(C)c1ccc(C(=O)C(O)c2ccccc2)c(C(C)C)c1OS(N)(=O)=O. The molecule has 0 saturated heterocycles. The number of nitrogens with two attached hydrogens (primary N) is 1. The van der Waals surface area contributed by atoms with Crippen LogP contribution in [0.2, 0.25) is 0 Å². The second kappa shape index (κ2) is 8.21. The molecule has 0 bridgehead atoms. The van der Waals surface area contributed by atoms with Gasteiger partial charge < -0.3 is 9.29 Å². The van der Waals surface area contributed by atoms with E-state index >= 15 is 0 Å². The van der Waals surface area contributed by atoms with E-state index in [9.17, 15) is 18.3 Å². The predicted molar refractivity (Wildman–Crippen MR) is 104 cm³/mol. The van der Waals surface area contributed by atoms with Gasteiger partial charge in [0.25, 0.3) is 0 Å². The Morgan fingerprint density at radius 3 is 2.07 bits per heavy atom. The number of rotatable bonds is 7. The molecule has 0 amide bonds. The fourth-order valence-corrected chi connectivity index (χ4v) is 3.42. The summed E-state index contributed by atoms with van der Waals surface area (Å²) in [6, 6.07) is 11.8. The van der Waals surface area contributed by atoms with Crippen molar-refractivity contribution in [3.8, 4) is 5.75 Å². The van der Waals surface area contributed by atoms with Crippen molar-refractivity contribution < 1.29 is 22.5 Å². The Kier molecular flexibility index (Phi) is 6.41. The van der Waals surface area contributed by atoms with Crippen molar-refractivity contribution in [2.45, 2.75) is 45.6 Å². The van der Waals surface area contributed by atoms with Crippen molar-refractivity contribution >= 4 is 16.1 Å². The molecule has 0 heterocycles. The van der Waals surface area contributed by atoms with Crippen LogP contribution in [0.3, 0.4) is 0 Å². The van der Waals surface area contributed by atoms with Gasteiger partial charge in [-0.25, -0.2) is 0 Å². The molecule has 0 aliphatic rings. The van der Waals surface area contributed by atoms with Gasteiger partial charge in [-0.1, -0.05) is 70.2 Å². The van der Waals surface area contributed by atoms with Gasteiger partial charge in [0.1, 0.15) is 6.10 Å². The maximum absolute atomic E-state index is 13.0. The first kappa shape index (κ1) is 21.1. The number of Topliss-reactive ketones (excluding diaryl/α,β-unsaturated/α-hetero) is 1. The summed E-state index contributed by atoms with van der Waals surface area (Å²) in [5, 5.41) is 15.6. The molecule has 0 spiro atoms. The number of aliphatic hydroxyl groups is 1. The van der Waals surface area contributed by atoms with Crippen LogP contribution in [0.5, 0.6) is 5.75 Å². The van der Waals surface area contributed by atoms with E-state index < -0.39 is 22.2 Å². The number of benzene rings is 2. The molecule has 1 unspecified atom stereocenters. The topological polar surface area (TPSA) is 107 Å². The van der Waals surface area contributed by atoms with Gasteiger partial charge >= 0.3 is 10.3 Å². The highest BCUT2D eigenvalue weighted by Gasteiger charge is 2.28. The van der Waals surface area contributed by atoms with Crippen molar-refractivity contribution in [3.63, 3.8) is 0 Å². The number of hydrogen-bond acceptors (Lipinski definition) is 5. The lowest BCUT2D eigenvalue weighted by molar-refractivity contribution is 0.0745. The first-order chi connectivity index (χ1) is 12.5. The molecule has 0 aliphatic heterocycles. The minimum absolute atomic E-state index is 0.0533. The Morgan fingerprint density at radius 1 is 1.00 bits per heavy atom.